The largest absolute Gasteiger partial charge is 0.416 e. The summed E-state index contributed by atoms with van der Waals surface area (Å²) >= 11 is 0. The van der Waals surface area contributed by atoms with E-state index in [0.717, 1.165) is 30.9 Å². The molecule has 8 heteroatoms. The molecule has 0 radical (unpaired) electrons. The highest BCUT2D eigenvalue weighted by Crippen LogP contribution is 2.30. The number of ether oxygens (including phenoxy) is 1. The van der Waals surface area contributed by atoms with Crippen LogP contribution in [0.1, 0.15) is 30.4 Å². The minimum atomic E-state index is -4.36. The average molecular weight is 393 g/mol. The number of rotatable bonds is 5. The molecule has 1 aromatic heterocycles. The number of nitrogens with zero attached hydrogens (tertiary/aromatic N) is 2. The van der Waals surface area contributed by atoms with Crippen LogP contribution in [0.2, 0.25) is 0 Å². The fraction of sp³-hybridized carbons (Fsp3) is 0.400. The third kappa shape index (κ3) is 5.22. The van der Waals surface area contributed by atoms with E-state index < -0.39 is 11.7 Å². The summed E-state index contributed by atoms with van der Waals surface area (Å²) in [4.78, 5) is 18.7. The lowest BCUT2D eigenvalue weighted by Gasteiger charge is -2.28. The molecule has 0 bridgehead atoms. The summed E-state index contributed by atoms with van der Waals surface area (Å²) in [6.07, 6.45) is -2.50. The molecule has 3 rings (SSSR count). The second kappa shape index (κ2) is 8.60. The van der Waals surface area contributed by atoms with Crippen LogP contribution in [0.4, 0.5) is 24.7 Å². The maximum atomic E-state index is 12.6. The van der Waals surface area contributed by atoms with E-state index in [1.54, 1.807) is 19.2 Å². The van der Waals surface area contributed by atoms with Gasteiger partial charge in [0, 0.05) is 19.5 Å². The van der Waals surface area contributed by atoms with Crippen LogP contribution in [-0.4, -0.2) is 37.2 Å². The molecule has 1 amide bonds. The molecule has 1 aliphatic heterocycles. The summed E-state index contributed by atoms with van der Waals surface area (Å²) in [7, 11) is 0. The first kappa shape index (κ1) is 20.1. The lowest BCUT2D eigenvalue weighted by Crippen LogP contribution is -2.36. The van der Waals surface area contributed by atoms with Crippen molar-refractivity contribution in [2.75, 3.05) is 36.5 Å². The number of hydrogen-bond donors (Lipinski definition) is 1. The van der Waals surface area contributed by atoms with Crippen molar-refractivity contribution >= 4 is 17.4 Å². The fourth-order valence-electron chi connectivity index (χ4n) is 3.06. The monoisotopic (exact) mass is 393 g/mol. The average Bonchev–Trinajstić information content (AvgIpc) is 2.68. The third-order valence-electron chi connectivity index (χ3n) is 4.69. The van der Waals surface area contributed by atoms with Gasteiger partial charge in [-0.2, -0.15) is 13.2 Å². The molecular formula is C20H22F3N3O2. The Morgan fingerprint density at radius 2 is 1.86 bits per heavy atom. The molecule has 1 aromatic carbocycles. The summed E-state index contributed by atoms with van der Waals surface area (Å²) in [5.74, 6) is -0.00411. The number of nitrogens with one attached hydrogen (secondary N) is 1. The van der Waals surface area contributed by atoms with Crippen LogP contribution >= 0.6 is 0 Å². The van der Waals surface area contributed by atoms with Gasteiger partial charge in [-0.25, -0.2) is 4.98 Å². The number of halogens is 3. The number of aromatic nitrogens is 1. The smallest absolute Gasteiger partial charge is 0.378 e. The van der Waals surface area contributed by atoms with Crippen molar-refractivity contribution < 1.29 is 22.7 Å². The molecule has 5 nitrogen and oxygen atoms in total. The molecule has 1 aliphatic rings. The zero-order valence-electron chi connectivity index (χ0n) is 15.5. The maximum absolute atomic E-state index is 12.6. The van der Waals surface area contributed by atoms with Gasteiger partial charge in [0.15, 0.2) is 0 Å². The van der Waals surface area contributed by atoms with Crippen molar-refractivity contribution in [2.45, 2.75) is 25.4 Å². The molecule has 28 heavy (non-hydrogen) atoms. The second-order valence-corrected chi connectivity index (χ2v) is 6.77. The van der Waals surface area contributed by atoms with E-state index in [4.69, 9.17) is 4.74 Å². The van der Waals surface area contributed by atoms with Gasteiger partial charge in [-0.15, -0.1) is 0 Å². The highest BCUT2D eigenvalue weighted by atomic mass is 19.4. The minimum Gasteiger partial charge on any atom is -0.378 e. The molecule has 1 saturated heterocycles. The third-order valence-corrected chi connectivity index (χ3v) is 4.69. The number of alkyl halides is 3. The summed E-state index contributed by atoms with van der Waals surface area (Å²) in [6, 6.07) is 8.54. The van der Waals surface area contributed by atoms with Crippen molar-refractivity contribution in [1.82, 2.24) is 4.98 Å². The van der Waals surface area contributed by atoms with Crippen molar-refractivity contribution in [2.24, 2.45) is 0 Å². The fourth-order valence-corrected chi connectivity index (χ4v) is 3.06. The van der Waals surface area contributed by atoms with Gasteiger partial charge in [0.25, 0.3) is 0 Å². The summed E-state index contributed by atoms with van der Waals surface area (Å²) in [5, 5.41) is 2.74. The molecule has 0 saturated carbocycles. The quantitative estimate of drug-likeness (QED) is 0.832. The number of hydrogen-bond acceptors (Lipinski definition) is 4. The number of anilines is 2. The van der Waals surface area contributed by atoms with Crippen LogP contribution in [0, 0.1) is 0 Å². The number of carbonyl (C=O) groups is 1. The first-order valence-electron chi connectivity index (χ1n) is 9.08. The Labute approximate surface area is 161 Å². The van der Waals surface area contributed by atoms with E-state index in [0.29, 0.717) is 24.6 Å². The van der Waals surface area contributed by atoms with Gasteiger partial charge < -0.3 is 15.0 Å². The van der Waals surface area contributed by atoms with E-state index in [1.807, 2.05) is 6.07 Å². The Morgan fingerprint density at radius 3 is 2.43 bits per heavy atom. The maximum Gasteiger partial charge on any atom is 0.416 e. The van der Waals surface area contributed by atoms with Crippen LogP contribution in [0.5, 0.6) is 0 Å². The molecule has 1 atom stereocenters. The van der Waals surface area contributed by atoms with Crippen LogP contribution < -0.4 is 10.2 Å². The molecule has 0 spiro atoms. The van der Waals surface area contributed by atoms with E-state index in [1.165, 1.54) is 12.1 Å². The van der Waals surface area contributed by atoms with Crippen LogP contribution in [-0.2, 0) is 15.7 Å². The highest BCUT2D eigenvalue weighted by molar-refractivity contribution is 5.90. The first-order chi connectivity index (χ1) is 13.3. The van der Waals surface area contributed by atoms with Crippen LogP contribution in [0.25, 0.3) is 0 Å². The Kier molecular flexibility index (Phi) is 6.18. The number of benzene rings is 1. The van der Waals surface area contributed by atoms with Gasteiger partial charge in [0.05, 0.1) is 30.7 Å². The number of morpholine rings is 1. The van der Waals surface area contributed by atoms with Crippen molar-refractivity contribution in [3.8, 4) is 0 Å². The predicted molar refractivity (Wildman–Crippen MR) is 100 cm³/mol. The predicted octanol–water partition coefficient (Wildman–Crippen LogP) is 4.07. The standard InChI is InChI=1S/C20H22F3N3O2/c1-14(15-2-4-16(5-3-15)20(21,22)23)12-19(27)25-18-7-6-17(13-24-18)26-8-10-28-11-9-26/h2-7,13-14H,8-12H2,1H3,(H,24,25,27). The lowest BCUT2D eigenvalue weighted by atomic mass is 9.96. The van der Waals surface area contributed by atoms with Gasteiger partial charge in [-0.05, 0) is 35.7 Å². The van der Waals surface area contributed by atoms with Gasteiger partial charge in [0.1, 0.15) is 5.82 Å². The van der Waals surface area contributed by atoms with Crippen molar-refractivity contribution in [1.29, 1.82) is 0 Å². The Morgan fingerprint density at radius 1 is 1.18 bits per heavy atom. The lowest BCUT2D eigenvalue weighted by molar-refractivity contribution is -0.137. The Balaban J connectivity index is 1.54. The van der Waals surface area contributed by atoms with E-state index in [-0.39, 0.29) is 18.2 Å². The molecule has 2 heterocycles. The summed E-state index contributed by atoms with van der Waals surface area (Å²) < 4.78 is 43.2. The highest BCUT2D eigenvalue weighted by Gasteiger charge is 2.30. The molecule has 1 unspecified atom stereocenters. The zero-order chi connectivity index (χ0) is 20.1. The van der Waals surface area contributed by atoms with E-state index >= 15 is 0 Å². The molecule has 1 N–H and O–H groups in total. The Hall–Kier alpha value is -2.61. The Bertz CT molecular complexity index is 786. The summed E-state index contributed by atoms with van der Waals surface area (Å²) in [6.45, 7) is 4.77. The molecule has 2 aromatic rings. The van der Waals surface area contributed by atoms with Crippen molar-refractivity contribution in [3.63, 3.8) is 0 Å². The van der Waals surface area contributed by atoms with Gasteiger partial charge in [0.2, 0.25) is 5.91 Å². The zero-order valence-corrected chi connectivity index (χ0v) is 15.5. The number of pyridine rings is 1. The van der Waals surface area contributed by atoms with E-state index in [9.17, 15) is 18.0 Å². The SMILES string of the molecule is CC(CC(=O)Nc1ccc(N2CCOCC2)cn1)c1ccc(C(F)(F)F)cc1. The van der Waals surface area contributed by atoms with Crippen LogP contribution in [0.3, 0.4) is 0 Å². The molecule has 150 valence electrons. The number of carbonyl (C=O) groups excluding carboxylic acids is 1. The first-order valence-corrected chi connectivity index (χ1v) is 9.08. The minimum absolute atomic E-state index is 0.151. The molecule has 1 fully saturated rings. The molecular weight excluding hydrogens is 371 g/mol. The normalized spacial score (nSPS) is 15.9. The topological polar surface area (TPSA) is 54.5 Å². The van der Waals surface area contributed by atoms with Crippen molar-refractivity contribution in [3.05, 3.63) is 53.7 Å². The summed E-state index contributed by atoms with van der Waals surface area (Å²) in [5.41, 5.74) is 0.954. The second-order valence-electron chi connectivity index (χ2n) is 6.77. The van der Waals surface area contributed by atoms with Gasteiger partial charge in [-0.3, -0.25) is 4.79 Å². The van der Waals surface area contributed by atoms with Gasteiger partial charge >= 0.3 is 6.18 Å². The number of amides is 1. The molecule has 0 aliphatic carbocycles. The van der Waals surface area contributed by atoms with Crippen LogP contribution in [0.15, 0.2) is 42.6 Å². The van der Waals surface area contributed by atoms with Gasteiger partial charge in [-0.1, -0.05) is 19.1 Å². The van der Waals surface area contributed by atoms with E-state index in [2.05, 4.69) is 15.2 Å².